The molecule has 0 bridgehead atoms. The van der Waals surface area contributed by atoms with Gasteiger partial charge in [-0.1, -0.05) is 13.8 Å². The van der Waals surface area contributed by atoms with E-state index in [-0.39, 0.29) is 0 Å². The van der Waals surface area contributed by atoms with E-state index in [4.69, 9.17) is 0 Å². The number of rotatable bonds is 8. The van der Waals surface area contributed by atoms with Crippen LogP contribution in [0.5, 0.6) is 0 Å². The number of aromatic nitrogens is 1. The van der Waals surface area contributed by atoms with Gasteiger partial charge in [0.2, 0.25) is 10.0 Å². The lowest BCUT2D eigenvalue weighted by Gasteiger charge is -2.18. The Morgan fingerprint density at radius 2 is 2.10 bits per heavy atom. The first-order valence-corrected chi connectivity index (χ1v) is 9.17. The molecule has 1 fully saturated rings. The van der Waals surface area contributed by atoms with Gasteiger partial charge in [-0.3, -0.25) is 0 Å². The predicted molar refractivity (Wildman–Crippen MR) is 84.6 cm³/mol. The monoisotopic (exact) mass is 313 g/mol. The highest BCUT2D eigenvalue weighted by atomic mass is 32.2. The molecule has 0 atom stereocenters. The second-order valence-corrected chi connectivity index (χ2v) is 8.33. The molecule has 1 aromatic rings. The van der Waals surface area contributed by atoms with Gasteiger partial charge in [-0.2, -0.15) is 0 Å². The highest BCUT2D eigenvalue weighted by Gasteiger charge is 2.25. The number of sulfonamides is 1. The van der Waals surface area contributed by atoms with Gasteiger partial charge in [0.15, 0.2) is 0 Å². The van der Waals surface area contributed by atoms with Crippen LogP contribution in [0.4, 0.5) is 0 Å². The third-order valence-electron chi connectivity index (χ3n) is 3.78. The van der Waals surface area contributed by atoms with Crippen LogP contribution in [0.25, 0.3) is 0 Å². The maximum Gasteiger partial charge on any atom is 0.244 e. The molecule has 1 aromatic heterocycles. The van der Waals surface area contributed by atoms with Crippen LogP contribution in [0.1, 0.15) is 39.3 Å². The van der Waals surface area contributed by atoms with E-state index in [1.807, 2.05) is 31.4 Å². The number of hydrogen-bond donors (Lipinski definition) is 1. The number of nitrogens with zero attached hydrogens (tertiary/aromatic N) is 2. The normalized spacial score (nSPS) is 16.1. The summed E-state index contributed by atoms with van der Waals surface area (Å²) in [5.74, 6) is 0.314. The van der Waals surface area contributed by atoms with Gasteiger partial charge in [0.1, 0.15) is 4.90 Å². The molecule has 6 heteroatoms. The number of hydrogen-bond acceptors (Lipinski definition) is 3. The van der Waals surface area contributed by atoms with Gasteiger partial charge in [0.05, 0.1) is 0 Å². The van der Waals surface area contributed by atoms with Crippen molar-refractivity contribution in [3.05, 3.63) is 18.0 Å². The molecule has 0 aliphatic heterocycles. The highest BCUT2D eigenvalue weighted by Crippen LogP contribution is 2.22. The molecule has 1 saturated carbocycles. The third-order valence-corrected chi connectivity index (χ3v) is 5.57. The molecule has 2 rings (SSSR count). The van der Waals surface area contributed by atoms with E-state index in [0.29, 0.717) is 23.4 Å². The van der Waals surface area contributed by atoms with Crippen molar-refractivity contribution < 1.29 is 8.42 Å². The molecular formula is C15H27N3O2S. The standard InChI is InChI=1S/C15H27N3O2S/c1-5-18-11-15(8-14(18)9-16-13-6-7-13)21(19,20)17(4)10-12(2)3/h8,11-13,16H,5-7,9-10H2,1-4H3. The topological polar surface area (TPSA) is 54.3 Å². The van der Waals surface area contributed by atoms with Crippen LogP contribution < -0.4 is 5.32 Å². The van der Waals surface area contributed by atoms with Gasteiger partial charge in [0, 0.05) is 44.6 Å². The minimum Gasteiger partial charge on any atom is -0.349 e. The molecule has 1 aliphatic carbocycles. The van der Waals surface area contributed by atoms with Crippen molar-refractivity contribution in [3.8, 4) is 0 Å². The summed E-state index contributed by atoms with van der Waals surface area (Å²) in [4.78, 5) is 0.403. The third kappa shape index (κ3) is 4.08. The van der Waals surface area contributed by atoms with Crippen LogP contribution in [-0.4, -0.2) is 36.9 Å². The Bertz CT molecular complexity index is 574. The first-order chi connectivity index (χ1) is 9.84. The Morgan fingerprint density at radius 1 is 1.43 bits per heavy atom. The van der Waals surface area contributed by atoms with E-state index >= 15 is 0 Å². The van der Waals surface area contributed by atoms with E-state index in [2.05, 4.69) is 5.32 Å². The molecule has 1 aliphatic rings. The molecule has 21 heavy (non-hydrogen) atoms. The lowest BCUT2D eigenvalue weighted by molar-refractivity contribution is 0.417. The summed E-state index contributed by atoms with van der Waals surface area (Å²) in [6.45, 7) is 8.14. The minimum atomic E-state index is -3.38. The summed E-state index contributed by atoms with van der Waals surface area (Å²) in [5.41, 5.74) is 1.04. The smallest absolute Gasteiger partial charge is 0.244 e. The van der Waals surface area contributed by atoms with Crippen LogP contribution >= 0.6 is 0 Å². The molecule has 5 nitrogen and oxygen atoms in total. The Morgan fingerprint density at radius 3 is 2.62 bits per heavy atom. The Balaban J connectivity index is 2.17. The van der Waals surface area contributed by atoms with Gasteiger partial charge >= 0.3 is 0 Å². The molecule has 1 heterocycles. The molecule has 0 aromatic carbocycles. The van der Waals surface area contributed by atoms with E-state index in [0.717, 1.165) is 18.8 Å². The first-order valence-electron chi connectivity index (χ1n) is 7.73. The lowest BCUT2D eigenvalue weighted by Crippen LogP contribution is -2.30. The lowest BCUT2D eigenvalue weighted by atomic mass is 10.2. The molecule has 0 amide bonds. The summed E-state index contributed by atoms with van der Waals surface area (Å²) in [5, 5.41) is 3.44. The molecule has 0 unspecified atom stereocenters. The largest absolute Gasteiger partial charge is 0.349 e. The maximum absolute atomic E-state index is 12.6. The van der Waals surface area contributed by atoms with Gasteiger partial charge < -0.3 is 9.88 Å². The number of aryl methyl sites for hydroxylation is 1. The van der Waals surface area contributed by atoms with E-state index < -0.39 is 10.0 Å². The van der Waals surface area contributed by atoms with E-state index in [1.54, 1.807) is 13.2 Å². The SMILES string of the molecule is CCn1cc(S(=O)(=O)N(C)CC(C)C)cc1CNC1CC1. The zero-order valence-corrected chi connectivity index (χ0v) is 14.3. The van der Waals surface area contributed by atoms with Crippen molar-refractivity contribution in [3.63, 3.8) is 0 Å². The number of nitrogens with one attached hydrogen (secondary N) is 1. The molecule has 0 spiro atoms. The van der Waals surface area contributed by atoms with Gasteiger partial charge in [-0.05, 0) is 31.7 Å². The summed E-state index contributed by atoms with van der Waals surface area (Å²) in [7, 11) is -1.73. The zero-order chi connectivity index (χ0) is 15.6. The molecular weight excluding hydrogens is 286 g/mol. The van der Waals surface area contributed by atoms with E-state index in [1.165, 1.54) is 17.1 Å². The van der Waals surface area contributed by atoms with Gasteiger partial charge in [-0.25, -0.2) is 12.7 Å². The van der Waals surface area contributed by atoms with Crippen molar-refractivity contribution in [1.82, 2.24) is 14.2 Å². The molecule has 1 N–H and O–H groups in total. The second-order valence-electron chi connectivity index (χ2n) is 6.29. The Labute approximate surface area is 128 Å². The van der Waals surface area contributed by atoms with Crippen LogP contribution in [0.2, 0.25) is 0 Å². The zero-order valence-electron chi connectivity index (χ0n) is 13.5. The van der Waals surface area contributed by atoms with Crippen LogP contribution in [0, 0.1) is 5.92 Å². The van der Waals surface area contributed by atoms with Crippen LogP contribution in [0.3, 0.4) is 0 Å². The molecule has 0 radical (unpaired) electrons. The minimum absolute atomic E-state index is 0.314. The second kappa shape index (κ2) is 6.50. The summed E-state index contributed by atoms with van der Waals surface area (Å²) >= 11 is 0. The average molecular weight is 313 g/mol. The van der Waals surface area contributed by atoms with Crippen LogP contribution in [0.15, 0.2) is 17.2 Å². The maximum atomic E-state index is 12.6. The summed E-state index contributed by atoms with van der Waals surface area (Å²) in [6, 6.07) is 2.43. The molecule has 0 saturated heterocycles. The van der Waals surface area contributed by atoms with Crippen molar-refractivity contribution in [2.45, 2.75) is 57.6 Å². The van der Waals surface area contributed by atoms with Crippen LogP contribution in [-0.2, 0) is 23.1 Å². The fourth-order valence-electron chi connectivity index (χ4n) is 2.44. The summed E-state index contributed by atoms with van der Waals surface area (Å²) in [6.07, 6.45) is 4.22. The Hall–Kier alpha value is -0.850. The van der Waals surface area contributed by atoms with Crippen molar-refractivity contribution >= 4 is 10.0 Å². The van der Waals surface area contributed by atoms with Crippen molar-refractivity contribution in [2.75, 3.05) is 13.6 Å². The van der Waals surface area contributed by atoms with Crippen molar-refractivity contribution in [2.24, 2.45) is 5.92 Å². The van der Waals surface area contributed by atoms with Crippen molar-refractivity contribution in [1.29, 1.82) is 0 Å². The molecule has 120 valence electrons. The van der Waals surface area contributed by atoms with E-state index in [9.17, 15) is 8.42 Å². The fourth-order valence-corrected chi connectivity index (χ4v) is 3.84. The highest BCUT2D eigenvalue weighted by molar-refractivity contribution is 7.89. The average Bonchev–Trinajstić information content (AvgIpc) is 3.13. The van der Waals surface area contributed by atoms with Gasteiger partial charge in [0.25, 0.3) is 0 Å². The van der Waals surface area contributed by atoms with Gasteiger partial charge in [-0.15, -0.1) is 0 Å². The Kier molecular flexibility index (Phi) is 5.11. The predicted octanol–water partition coefficient (Wildman–Crippen LogP) is 2.04. The summed E-state index contributed by atoms with van der Waals surface area (Å²) < 4.78 is 28.7. The fraction of sp³-hybridized carbons (Fsp3) is 0.733. The first kappa shape index (κ1) is 16.5. The quantitative estimate of drug-likeness (QED) is 0.799.